The molecule has 3 nitrogen and oxygen atoms in total. The van der Waals surface area contributed by atoms with Gasteiger partial charge in [0.25, 0.3) is 0 Å². The Labute approximate surface area is 90.9 Å². The van der Waals surface area contributed by atoms with E-state index in [9.17, 15) is 0 Å². The molecule has 0 spiro atoms. The van der Waals surface area contributed by atoms with Crippen molar-refractivity contribution in [1.29, 1.82) is 0 Å². The molecular formula is C12H18N2O. The van der Waals surface area contributed by atoms with Crippen LogP contribution in [0, 0.1) is 0 Å². The molecule has 0 unspecified atom stereocenters. The van der Waals surface area contributed by atoms with E-state index in [2.05, 4.69) is 16.4 Å². The van der Waals surface area contributed by atoms with Crippen molar-refractivity contribution >= 4 is 0 Å². The summed E-state index contributed by atoms with van der Waals surface area (Å²) in [6.07, 6.45) is 6.17. The third-order valence-corrected chi connectivity index (χ3v) is 3.11. The standard InChI is InChI=1S/C12H18N2O/c1-13-6-3-5-12(9-15-10-12)11-4-2-7-14-8-11/h2,4,7-8,13H,3,5-6,9-10H2,1H3. The number of hydrogen-bond donors (Lipinski definition) is 1. The number of rotatable bonds is 5. The van der Waals surface area contributed by atoms with Gasteiger partial charge in [0.15, 0.2) is 0 Å². The third kappa shape index (κ3) is 2.19. The highest BCUT2D eigenvalue weighted by Gasteiger charge is 2.39. The summed E-state index contributed by atoms with van der Waals surface area (Å²) in [6.45, 7) is 2.77. The van der Waals surface area contributed by atoms with Gasteiger partial charge in [0, 0.05) is 17.8 Å². The Hall–Kier alpha value is -0.930. The smallest absolute Gasteiger partial charge is 0.0586 e. The maximum absolute atomic E-state index is 5.38. The second-order valence-corrected chi connectivity index (χ2v) is 4.22. The highest BCUT2D eigenvalue weighted by molar-refractivity contribution is 5.24. The first-order valence-electron chi connectivity index (χ1n) is 5.50. The van der Waals surface area contributed by atoms with Crippen LogP contribution in [0.2, 0.25) is 0 Å². The van der Waals surface area contributed by atoms with E-state index in [0.717, 1.165) is 19.8 Å². The SMILES string of the molecule is CNCCCC1(c2cccnc2)COC1. The van der Waals surface area contributed by atoms with E-state index < -0.39 is 0 Å². The van der Waals surface area contributed by atoms with Gasteiger partial charge in [-0.1, -0.05) is 6.07 Å². The van der Waals surface area contributed by atoms with Gasteiger partial charge in [-0.2, -0.15) is 0 Å². The molecule has 2 heterocycles. The summed E-state index contributed by atoms with van der Waals surface area (Å²) in [5.74, 6) is 0. The summed E-state index contributed by atoms with van der Waals surface area (Å²) >= 11 is 0. The van der Waals surface area contributed by atoms with Crippen LogP contribution in [-0.4, -0.2) is 31.8 Å². The van der Waals surface area contributed by atoms with E-state index >= 15 is 0 Å². The number of nitrogens with zero attached hydrogens (tertiary/aromatic N) is 1. The van der Waals surface area contributed by atoms with Crippen LogP contribution in [0.4, 0.5) is 0 Å². The monoisotopic (exact) mass is 206 g/mol. The Morgan fingerprint density at radius 1 is 1.53 bits per heavy atom. The van der Waals surface area contributed by atoms with Crippen LogP contribution < -0.4 is 5.32 Å². The summed E-state index contributed by atoms with van der Waals surface area (Å²) in [5.41, 5.74) is 1.57. The van der Waals surface area contributed by atoms with E-state index in [1.807, 2.05) is 25.5 Å². The average Bonchev–Trinajstić information content (AvgIpc) is 2.23. The van der Waals surface area contributed by atoms with Gasteiger partial charge in [0.1, 0.15) is 0 Å². The van der Waals surface area contributed by atoms with Crippen LogP contribution in [0.1, 0.15) is 18.4 Å². The quantitative estimate of drug-likeness (QED) is 0.738. The molecule has 1 aromatic heterocycles. The lowest BCUT2D eigenvalue weighted by Crippen LogP contribution is -2.47. The highest BCUT2D eigenvalue weighted by atomic mass is 16.5. The molecule has 0 bridgehead atoms. The summed E-state index contributed by atoms with van der Waals surface area (Å²) in [7, 11) is 1.99. The molecule has 0 atom stereocenters. The number of nitrogens with one attached hydrogen (secondary N) is 1. The normalized spacial score (nSPS) is 18.5. The molecule has 1 aliphatic heterocycles. The van der Waals surface area contributed by atoms with Gasteiger partial charge in [-0.25, -0.2) is 0 Å². The average molecular weight is 206 g/mol. The van der Waals surface area contributed by atoms with Crippen molar-refractivity contribution in [3.63, 3.8) is 0 Å². The topological polar surface area (TPSA) is 34.2 Å². The van der Waals surface area contributed by atoms with Crippen LogP contribution >= 0.6 is 0 Å². The number of ether oxygens (including phenoxy) is 1. The van der Waals surface area contributed by atoms with Gasteiger partial charge in [-0.15, -0.1) is 0 Å². The molecule has 0 aromatic carbocycles. The molecule has 1 N–H and O–H groups in total. The molecule has 1 fully saturated rings. The maximum atomic E-state index is 5.38. The molecule has 0 aliphatic carbocycles. The first-order chi connectivity index (χ1) is 7.37. The first kappa shape index (κ1) is 10.6. The summed E-state index contributed by atoms with van der Waals surface area (Å²) < 4.78 is 5.38. The molecule has 2 rings (SSSR count). The van der Waals surface area contributed by atoms with Gasteiger partial charge in [0.05, 0.1) is 13.2 Å². The van der Waals surface area contributed by atoms with E-state index in [1.165, 1.54) is 18.4 Å². The Kier molecular flexibility index (Phi) is 3.34. The zero-order chi connectivity index (χ0) is 10.6. The Bertz CT molecular complexity index is 296. The van der Waals surface area contributed by atoms with Crippen LogP contribution in [-0.2, 0) is 10.2 Å². The molecule has 1 aromatic rings. The van der Waals surface area contributed by atoms with Gasteiger partial charge >= 0.3 is 0 Å². The number of hydrogen-bond acceptors (Lipinski definition) is 3. The van der Waals surface area contributed by atoms with Gasteiger partial charge < -0.3 is 10.1 Å². The summed E-state index contributed by atoms with van der Waals surface area (Å²) in [6, 6.07) is 4.17. The van der Waals surface area contributed by atoms with Crippen molar-refractivity contribution in [1.82, 2.24) is 10.3 Å². The molecule has 3 heteroatoms. The third-order valence-electron chi connectivity index (χ3n) is 3.11. The van der Waals surface area contributed by atoms with E-state index in [4.69, 9.17) is 4.74 Å². The molecular weight excluding hydrogens is 188 g/mol. The van der Waals surface area contributed by atoms with E-state index in [1.54, 1.807) is 0 Å². The minimum absolute atomic E-state index is 0.241. The highest BCUT2D eigenvalue weighted by Crippen LogP contribution is 2.36. The lowest BCUT2D eigenvalue weighted by molar-refractivity contribution is -0.0652. The van der Waals surface area contributed by atoms with Crippen LogP contribution in [0.15, 0.2) is 24.5 Å². The molecule has 1 saturated heterocycles. The molecule has 0 amide bonds. The second kappa shape index (κ2) is 4.73. The lowest BCUT2D eigenvalue weighted by Gasteiger charge is -2.42. The van der Waals surface area contributed by atoms with E-state index in [0.29, 0.717) is 0 Å². The Morgan fingerprint density at radius 2 is 2.40 bits per heavy atom. The van der Waals surface area contributed by atoms with Crippen molar-refractivity contribution in [2.75, 3.05) is 26.8 Å². The fraction of sp³-hybridized carbons (Fsp3) is 0.583. The first-order valence-corrected chi connectivity index (χ1v) is 5.50. The summed E-state index contributed by atoms with van der Waals surface area (Å²) in [5, 5.41) is 3.18. The fourth-order valence-electron chi connectivity index (χ4n) is 2.08. The zero-order valence-electron chi connectivity index (χ0n) is 9.20. The van der Waals surface area contributed by atoms with Crippen molar-refractivity contribution in [3.05, 3.63) is 30.1 Å². The van der Waals surface area contributed by atoms with Crippen molar-refractivity contribution in [3.8, 4) is 0 Å². The van der Waals surface area contributed by atoms with Crippen LogP contribution in [0.3, 0.4) is 0 Å². The molecule has 15 heavy (non-hydrogen) atoms. The van der Waals surface area contributed by atoms with Gasteiger partial charge in [0.2, 0.25) is 0 Å². The van der Waals surface area contributed by atoms with Gasteiger partial charge in [-0.05, 0) is 38.1 Å². The predicted octanol–water partition coefficient (Wildman–Crippen LogP) is 1.35. The largest absolute Gasteiger partial charge is 0.379 e. The lowest BCUT2D eigenvalue weighted by atomic mass is 9.76. The fourth-order valence-corrected chi connectivity index (χ4v) is 2.08. The van der Waals surface area contributed by atoms with Crippen LogP contribution in [0.5, 0.6) is 0 Å². The van der Waals surface area contributed by atoms with Crippen molar-refractivity contribution < 1.29 is 4.74 Å². The van der Waals surface area contributed by atoms with Crippen molar-refractivity contribution in [2.45, 2.75) is 18.3 Å². The van der Waals surface area contributed by atoms with Gasteiger partial charge in [-0.3, -0.25) is 4.98 Å². The number of pyridine rings is 1. The second-order valence-electron chi connectivity index (χ2n) is 4.22. The zero-order valence-corrected chi connectivity index (χ0v) is 9.20. The van der Waals surface area contributed by atoms with Crippen LogP contribution in [0.25, 0.3) is 0 Å². The van der Waals surface area contributed by atoms with E-state index in [-0.39, 0.29) is 5.41 Å². The van der Waals surface area contributed by atoms with Crippen molar-refractivity contribution in [2.24, 2.45) is 0 Å². The number of aromatic nitrogens is 1. The molecule has 0 saturated carbocycles. The minimum atomic E-state index is 0.241. The molecule has 1 aliphatic rings. The maximum Gasteiger partial charge on any atom is 0.0586 e. The minimum Gasteiger partial charge on any atom is -0.379 e. The summed E-state index contributed by atoms with van der Waals surface area (Å²) in [4.78, 5) is 4.19. The predicted molar refractivity (Wildman–Crippen MR) is 59.9 cm³/mol. The Morgan fingerprint density at radius 3 is 2.93 bits per heavy atom. The molecule has 82 valence electrons. The molecule has 0 radical (unpaired) electrons. The Balaban J connectivity index is 2.02.